The number of ether oxygens (including phenoxy) is 1. The molecule has 3 nitrogen and oxygen atoms in total. The molecular weight excluding hydrogens is 381 g/mol. The van der Waals surface area contributed by atoms with E-state index in [0.29, 0.717) is 40.7 Å². The summed E-state index contributed by atoms with van der Waals surface area (Å²) in [6.45, 7) is 2.70. The van der Waals surface area contributed by atoms with Gasteiger partial charge in [-0.05, 0) is 93.2 Å². The maximum atomic E-state index is 12.5. The summed E-state index contributed by atoms with van der Waals surface area (Å²) in [5, 5.41) is 4.41. The van der Waals surface area contributed by atoms with Gasteiger partial charge in [-0.1, -0.05) is 23.2 Å². The van der Waals surface area contributed by atoms with Crippen LogP contribution in [0.5, 0.6) is 5.75 Å². The maximum Gasteiger partial charge on any atom is 0.220 e. The Morgan fingerprint density at radius 3 is 2.41 bits per heavy atom. The van der Waals surface area contributed by atoms with E-state index in [1.54, 1.807) is 18.2 Å². The van der Waals surface area contributed by atoms with Crippen LogP contribution < -0.4 is 10.1 Å². The van der Waals surface area contributed by atoms with Gasteiger partial charge < -0.3 is 10.1 Å². The van der Waals surface area contributed by atoms with Gasteiger partial charge in [0.1, 0.15) is 5.75 Å². The number of halogens is 2. The second kappa shape index (κ2) is 7.83. The third-order valence-corrected chi connectivity index (χ3v) is 7.61. The molecule has 4 fully saturated rings. The molecule has 4 aliphatic carbocycles. The summed E-state index contributed by atoms with van der Waals surface area (Å²) < 4.78 is 5.68. The van der Waals surface area contributed by atoms with Crippen molar-refractivity contribution in [3.63, 3.8) is 0 Å². The van der Waals surface area contributed by atoms with Gasteiger partial charge in [-0.2, -0.15) is 0 Å². The van der Waals surface area contributed by atoms with Crippen molar-refractivity contribution in [2.75, 3.05) is 6.61 Å². The van der Waals surface area contributed by atoms with E-state index < -0.39 is 0 Å². The zero-order valence-electron chi connectivity index (χ0n) is 16.0. The van der Waals surface area contributed by atoms with Gasteiger partial charge in [0.05, 0.1) is 11.6 Å². The van der Waals surface area contributed by atoms with Crippen LogP contribution in [0.2, 0.25) is 10.0 Å². The van der Waals surface area contributed by atoms with Gasteiger partial charge in [0.2, 0.25) is 5.91 Å². The van der Waals surface area contributed by atoms with Crippen molar-refractivity contribution in [1.82, 2.24) is 5.32 Å². The normalized spacial score (nSPS) is 32.3. The first kappa shape index (κ1) is 19.4. The Kier molecular flexibility index (Phi) is 5.62. The lowest BCUT2D eigenvalue weighted by molar-refractivity contribution is -0.126. The number of rotatable bonds is 7. The Morgan fingerprint density at radius 1 is 1.19 bits per heavy atom. The third-order valence-electron chi connectivity index (χ3n) is 7.08. The summed E-state index contributed by atoms with van der Waals surface area (Å²) in [4.78, 5) is 12.5. The predicted molar refractivity (Wildman–Crippen MR) is 109 cm³/mol. The molecule has 0 radical (unpaired) electrons. The van der Waals surface area contributed by atoms with Gasteiger partial charge in [-0.15, -0.1) is 0 Å². The molecular formula is C22H29Cl2NO2. The van der Waals surface area contributed by atoms with E-state index >= 15 is 0 Å². The molecule has 0 aliphatic heterocycles. The molecule has 1 N–H and O–H groups in total. The van der Waals surface area contributed by atoms with Crippen molar-refractivity contribution in [3.8, 4) is 5.75 Å². The highest BCUT2D eigenvalue weighted by atomic mass is 35.5. The second-order valence-electron chi connectivity index (χ2n) is 9.10. The van der Waals surface area contributed by atoms with E-state index in [9.17, 15) is 4.79 Å². The molecule has 0 saturated heterocycles. The molecule has 0 aromatic heterocycles. The van der Waals surface area contributed by atoms with Crippen LogP contribution in [0.3, 0.4) is 0 Å². The minimum absolute atomic E-state index is 0.143. The van der Waals surface area contributed by atoms with E-state index in [2.05, 4.69) is 12.2 Å². The van der Waals surface area contributed by atoms with E-state index in [1.165, 1.54) is 38.5 Å². The van der Waals surface area contributed by atoms with Crippen LogP contribution in [0.15, 0.2) is 18.2 Å². The Morgan fingerprint density at radius 2 is 1.81 bits per heavy atom. The van der Waals surface area contributed by atoms with E-state index in [4.69, 9.17) is 27.9 Å². The standard InChI is InChI=1S/C22H29Cl2NO2/c1-14(22-11-15-7-16(12-22)9-17(8-15)13-22)25-21(26)3-2-6-27-20-5-4-18(23)10-19(20)24/h4-5,10,14-17H,2-3,6-9,11-13H2,1H3,(H,25,26)/t14-,15?,16?,17?,22?/m1/s1. The van der Waals surface area contributed by atoms with Crippen LogP contribution in [0, 0.1) is 23.2 Å². The highest BCUT2D eigenvalue weighted by Crippen LogP contribution is 2.61. The lowest BCUT2D eigenvalue weighted by Crippen LogP contribution is -2.55. The van der Waals surface area contributed by atoms with E-state index in [0.717, 1.165) is 17.8 Å². The first-order valence-corrected chi connectivity index (χ1v) is 11.1. The zero-order valence-corrected chi connectivity index (χ0v) is 17.5. The molecule has 148 valence electrons. The lowest BCUT2D eigenvalue weighted by atomic mass is 9.48. The average Bonchev–Trinajstić information content (AvgIpc) is 2.59. The highest BCUT2D eigenvalue weighted by molar-refractivity contribution is 6.35. The lowest BCUT2D eigenvalue weighted by Gasteiger charge is -2.59. The summed E-state index contributed by atoms with van der Waals surface area (Å²) in [6.07, 6.45) is 9.43. The molecule has 1 aromatic rings. The monoisotopic (exact) mass is 409 g/mol. The Labute approximate surface area is 172 Å². The fraction of sp³-hybridized carbons (Fsp3) is 0.682. The van der Waals surface area contributed by atoms with E-state index in [1.807, 2.05) is 0 Å². The van der Waals surface area contributed by atoms with Gasteiger partial charge in [-0.3, -0.25) is 4.79 Å². The first-order chi connectivity index (χ1) is 12.9. The molecule has 0 spiro atoms. The fourth-order valence-corrected chi connectivity index (χ4v) is 6.64. The van der Waals surface area contributed by atoms with Gasteiger partial charge in [-0.25, -0.2) is 0 Å². The fourth-order valence-electron chi connectivity index (χ4n) is 6.18. The Bertz CT molecular complexity index is 670. The van der Waals surface area contributed by atoms with Crippen molar-refractivity contribution in [2.24, 2.45) is 23.2 Å². The topological polar surface area (TPSA) is 38.3 Å². The van der Waals surface area contributed by atoms with Crippen LogP contribution in [0.1, 0.15) is 58.3 Å². The smallest absolute Gasteiger partial charge is 0.220 e. The van der Waals surface area contributed by atoms with Gasteiger partial charge in [0, 0.05) is 17.5 Å². The molecule has 1 amide bonds. The van der Waals surface area contributed by atoms with Gasteiger partial charge in [0.15, 0.2) is 0 Å². The van der Waals surface area contributed by atoms with Crippen LogP contribution in [0.4, 0.5) is 0 Å². The predicted octanol–water partition coefficient (Wildman–Crippen LogP) is 5.87. The molecule has 1 aromatic carbocycles. The number of nitrogens with one attached hydrogen (secondary N) is 1. The van der Waals surface area contributed by atoms with Crippen molar-refractivity contribution in [1.29, 1.82) is 0 Å². The van der Waals surface area contributed by atoms with Gasteiger partial charge >= 0.3 is 0 Å². The summed E-state index contributed by atoms with van der Waals surface area (Å²) in [5.74, 6) is 3.49. The largest absolute Gasteiger partial charge is 0.492 e. The molecule has 4 aliphatic rings. The zero-order chi connectivity index (χ0) is 19.0. The SMILES string of the molecule is C[C@@H](NC(=O)CCCOc1ccc(Cl)cc1Cl)C12CC3CC(CC(C3)C1)C2. The number of amides is 1. The quantitative estimate of drug-likeness (QED) is 0.571. The van der Waals surface area contributed by atoms with Crippen molar-refractivity contribution < 1.29 is 9.53 Å². The molecule has 27 heavy (non-hydrogen) atoms. The maximum absolute atomic E-state index is 12.5. The molecule has 5 heteroatoms. The summed E-state index contributed by atoms with van der Waals surface area (Å²) >= 11 is 12.0. The minimum Gasteiger partial charge on any atom is -0.492 e. The molecule has 1 atom stereocenters. The van der Waals surface area contributed by atoms with Crippen molar-refractivity contribution in [2.45, 2.75) is 64.3 Å². The number of hydrogen-bond donors (Lipinski definition) is 1. The van der Waals surface area contributed by atoms with Crippen LogP contribution in [-0.4, -0.2) is 18.6 Å². The summed E-state index contributed by atoms with van der Waals surface area (Å²) in [6, 6.07) is 5.46. The number of carbonyl (C=O) groups excluding carboxylic acids is 1. The van der Waals surface area contributed by atoms with Crippen molar-refractivity contribution in [3.05, 3.63) is 28.2 Å². The molecule has 5 rings (SSSR count). The van der Waals surface area contributed by atoms with E-state index in [-0.39, 0.29) is 11.9 Å². The number of hydrogen-bond acceptors (Lipinski definition) is 2. The molecule has 4 saturated carbocycles. The van der Waals surface area contributed by atoms with Crippen LogP contribution >= 0.6 is 23.2 Å². The first-order valence-electron chi connectivity index (χ1n) is 10.3. The summed E-state index contributed by atoms with van der Waals surface area (Å²) in [5.41, 5.74) is 0.359. The van der Waals surface area contributed by atoms with Crippen molar-refractivity contribution >= 4 is 29.1 Å². The summed E-state index contributed by atoms with van der Waals surface area (Å²) in [7, 11) is 0. The third kappa shape index (κ3) is 4.24. The minimum atomic E-state index is 0.143. The van der Waals surface area contributed by atoms with Crippen LogP contribution in [0.25, 0.3) is 0 Å². The number of benzene rings is 1. The molecule has 0 heterocycles. The highest BCUT2D eigenvalue weighted by Gasteiger charge is 2.53. The van der Waals surface area contributed by atoms with Crippen LogP contribution in [-0.2, 0) is 4.79 Å². The second-order valence-corrected chi connectivity index (χ2v) is 9.94. The van der Waals surface area contributed by atoms with Gasteiger partial charge in [0.25, 0.3) is 0 Å². The Balaban J connectivity index is 1.22. The Hall–Kier alpha value is -0.930. The molecule has 4 bridgehead atoms. The number of carbonyl (C=O) groups is 1. The molecule has 0 unspecified atom stereocenters. The average molecular weight is 410 g/mol.